The molecule has 1 saturated heterocycles. The van der Waals surface area contributed by atoms with Crippen molar-refractivity contribution in [1.29, 1.82) is 0 Å². The van der Waals surface area contributed by atoms with Crippen LogP contribution in [0.1, 0.15) is 6.42 Å². The molecule has 1 heterocycles. The summed E-state index contributed by atoms with van der Waals surface area (Å²) in [5.41, 5.74) is -1.01. The van der Waals surface area contributed by atoms with Gasteiger partial charge < -0.3 is 14.2 Å². The third kappa shape index (κ3) is 1.74. The van der Waals surface area contributed by atoms with Gasteiger partial charge in [0.15, 0.2) is 5.41 Å². The fraction of sp³-hybridized carbons (Fsp3) is 0.600. The Labute approximate surface area is 88.0 Å². The average Bonchev–Trinajstić information content (AvgIpc) is 2.28. The van der Waals surface area contributed by atoms with Crippen molar-refractivity contribution < 1.29 is 23.8 Å². The summed E-state index contributed by atoms with van der Waals surface area (Å²) in [4.78, 5) is 23.3. The number of ether oxygens (including phenoxy) is 3. The van der Waals surface area contributed by atoms with Crippen molar-refractivity contribution in [2.75, 3.05) is 27.4 Å². The summed E-state index contributed by atoms with van der Waals surface area (Å²) in [6, 6.07) is 0. The highest BCUT2D eigenvalue weighted by atomic mass is 16.5. The first kappa shape index (κ1) is 11.7. The highest BCUT2D eigenvalue weighted by molar-refractivity contribution is 6.03. The summed E-state index contributed by atoms with van der Waals surface area (Å²) in [6.07, 6.45) is 0.213. The van der Waals surface area contributed by atoms with Crippen LogP contribution in [0.25, 0.3) is 0 Å². The summed E-state index contributed by atoms with van der Waals surface area (Å²) >= 11 is 0. The van der Waals surface area contributed by atoms with Gasteiger partial charge in [-0.05, 0) is 5.57 Å². The van der Waals surface area contributed by atoms with Crippen LogP contribution in [-0.2, 0) is 23.8 Å². The first-order valence-electron chi connectivity index (χ1n) is 4.52. The Balaban J connectivity index is 3.09. The summed E-state index contributed by atoms with van der Waals surface area (Å²) in [5, 5.41) is 0. The van der Waals surface area contributed by atoms with Crippen LogP contribution in [0, 0.1) is 5.41 Å². The largest absolute Gasteiger partial charge is 0.468 e. The maximum absolute atomic E-state index is 11.7. The minimum absolute atomic E-state index is 0.171. The fourth-order valence-corrected chi connectivity index (χ4v) is 1.65. The van der Waals surface area contributed by atoms with Gasteiger partial charge in [0.25, 0.3) is 0 Å². The smallest absolute Gasteiger partial charge is 0.327 e. The van der Waals surface area contributed by atoms with Crippen molar-refractivity contribution >= 4 is 11.9 Å². The van der Waals surface area contributed by atoms with Gasteiger partial charge in [-0.1, -0.05) is 6.58 Å². The van der Waals surface area contributed by atoms with E-state index in [2.05, 4.69) is 16.1 Å². The molecule has 1 aliphatic heterocycles. The third-order valence-corrected chi connectivity index (χ3v) is 2.57. The van der Waals surface area contributed by atoms with Gasteiger partial charge in [-0.25, -0.2) is 0 Å². The molecule has 1 aliphatic rings. The molecule has 84 valence electrons. The lowest BCUT2D eigenvalue weighted by Gasteiger charge is -2.33. The Morgan fingerprint density at radius 2 is 1.87 bits per heavy atom. The Bertz CT molecular complexity index is 264. The van der Waals surface area contributed by atoms with Gasteiger partial charge in [0.2, 0.25) is 0 Å². The second-order valence-electron chi connectivity index (χ2n) is 3.29. The maximum atomic E-state index is 11.7. The predicted octanol–water partition coefficient (Wildman–Crippen LogP) is 0.295. The zero-order valence-corrected chi connectivity index (χ0v) is 8.87. The standard InChI is InChI=1S/C10H14O5/c1-7-6-15-5-4-10(7,8(11)13-2)9(12)14-3/h1,4-6H2,2-3H3. The molecule has 5 heteroatoms. The van der Waals surface area contributed by atoms with Gasteiger partial charge in [-0.3, -0.25) is 9.59 Å². The highest BCUT2D eigenvalue weighted by Crippen LogP contribution is 2.36. The molecule has 0 aromatic heterocycles. The normalized spacial score (nSPS) is 19.5. The molecule has 1 rings (SSSR count). The number of methoxy groups -OCH3 is 2. The first-order valence-corrected chi connectivity index (χ1v) is 4.52. The van der Waals surface area contributed by atoms with Crippen LogP contribution in [0.5, 0.6) is 0 Å². The summed E-state index contributed by atoms with van der Waals surface area (Å²) in [6.45, 7) is 4.16. The molecule has 15 heavy (non-hydrogen) atoms. The second-order valence-corrected chi connectivity index (χ2v) is 3.29. The molecule has 0 N–H and O–H groups in total. The van der Waals surface area contributed by atoms with Crippen molar-refractivity contribution in [1.82, 2.24) is 0 Å². The van der Waals surface area contributed by atoms with E-state index < -0.39 is 17.4 Å². The minimum atomic E-state index is -1.39. The number of hydrogen-bond donors (Lipinski definition) is 0. The van der Waals surface area contributed by atoms with E-state index in [0.717, 1.165) is 0 Å². The van der Waals surface area contributed by atoms with E-state index >= 15 is 0 Å². The quantitative estimate of drug-likeness (QED) is 0.376. The topological polar surface area (TPSA) is 61.8 Å². The van der Waals surface area contributed by atoms with Crippen LogP contribution in [0.4, 0.5) is 0 Å². The van der Waals surface area contributed by atoms with E-state index in [-0.39, 0.29) is 13.0 Å². The Morgan fingerprint density at radius 1 is 1.33 bits per heavy atom. The number of hydrogen-bond acceptors (Lipinski definition) is 5. The van der Waals surface area contributed by atoms with Crippen molar-refractivity contribution in [3.8, 4) is 0 Å². The molecule has 0 amide bonds. The predicted molar refractivity (Wildman–Crippen MR) is 51.0 cm³/mol. The van der Waals surface area contributed by atoms with E-state index in [9.17, 15) is 9.59 Å². The maximum Gasteiger partial charge on any atom is 0.327 e. The molecular formula is C10H14O5. The Kier molecular flexibility index (Phi) is 3.47. The van der Waals surface area contributed by atoms with Gasteiger partial charge in [-0.15, -0.1) is 0 Å². The molecule has 0 spiro atoms. The highest BCUT2D eigenvalue weighted by Gasteiger charge is 2.52. The van der Waals surface area contributed by atoms with E-state index in [1.54, 1.807) is 0 Å². The molecule has 0 aromatic carbocycles. The fourth-order valence-electron chi connectivity index (χ4n) is 1.65. The number of esters is 2. The van der Waals surface area contributed by atoms with E-state index in [0.29, 0.717) is 12.2 Å². The second kappa shape index (κ2) is 4.44. The van der Waals surface area contributed by atoms with Crippen molar-refractivity contribution in [2.24, 2.45) is 5.41 Å². The Hall–Kier alpha value is -1.36. The van der Waals surface area contributed by atoms with Crippen molar-refractivity contribution in [2.45, 2.75) is 6.42 Å². The molecule has 0 aliphatic carbocycles. The summed E-state index contributed by atoms with van der Waals surface area (Å²) in [5.74, 6) is -1.27. The van der Waals surface area contributed by atoms with Gasteiger partial charge >= 0.3 is 11.9 Å². The first-order chi connectivity index (χ1) is 7.09. The third-order valence-electron chi connectivity index (χ3n) is 2.57. The van der Waals surface area contributed by atoms with E-state index in [4.69, 9.17) is 4.74 Å². The molecule has 0 radical (unpaired) electrons. The van der Waals surface area contributed by atoms with Crippen LogP contribution < -0.4 is 0 Å². The van der Waals surface area contributed by atoms with Crippen LogP contribution >= 0.6 is 0 Å². The molecule has 0 saturated carbocycles. The monoisotopic (exact) mass is 214 g/mol. The van der Waals surface area contributed by atoms with Crippen molar-refractivity contribution in [3.63, 3.8) is 0 Å². The lowest BCUT2D eigenvalue weighted by Crippen LogP contribution is -2.47. The zero-order chi connectivity index (χ0) is 11.5. The zero-order valence-electron chi connectivity index (χ0n) is 8.87. The summed E-state index contributed by atoms with van der Waals surface area (Å²) < 4.78 is 14.4. The number of carbonyl (C=O) groups excluding carboxylic acids is 2. The molecule has 1 fully saturated rings. The molecule has 0 bridgehead atoms. The summed E-state index contributed by atoms with van der Waals surface area (Å²) in [7, 11) is 2.46. The van der Waals surface area contributed by atoms with Crippen LogP contribution in [-0.4, -0.2) is 39.4 Å². The van der Waals surface area contributed by atoms with Crippen LogP contribution in [0.15, 0.2) is 12.2 Å². The minimum Gasteiger partial charge on any atom is -0.468 e. The van der Waals surface area contributed by atoms with Gasteiger partial charge in [0.1, 0.15) is 0 Å². The molecular weight excluding hydrogens is 200 g/mol. The molecule has 5 nitrogen and oxygen atoms in total. The van der Waals surface area contributed by atoms with Gasteiger partial charge in [-0.2, -0.15) is 0 Å². The van der Waals surface area contributed by atoms with E-state index in [1.807, 2.05) is 0 Å². The molecule has 0 aromatic rings. The number of rotatable bonds is 2. The molecule has 0 unspecified atom stereocenters. The Morgan fingerprint density at radius 3 is 2.27 bits per heavy atom. The number of carbonyl (C=O) groups is 2. The lowest BCUT2D eigenvalue weighted by atomic mass is 9.77. The van der Waals surface area contributed by atoms with Crippen molar-refractivity contribution in [3.05, 3.63) is 12.2 Å². The SMILES string of the molecule is C=C1COCCC1(C(=O)OC)C(=O)OC. The lowest BCUT2D eigenvalue weighted by molar-refractivity contribution is -0.169. The van der Waals surface area contributed by atoms with Gasteiger partial charge in [0.05, 0.1) is 20.8 Å². The average molecular weight is 214 g/mol. The van der Waals surface area contributed by atoms with Gasteiger partial charge in [0, 0.05) is 13.0 Å². The molecule has 0 atom stereocenters. The van der Waals surface area contributed by atoms with Crippen LogP contribution in [0.3, 0.4) is 0 Å². The van der Waals surface area contributed by atoms with E-state index in [1.165, 1.54) is 14.2 Å². The van der Waals surface area contributed by atoms with Crippen LogP contribution in [0.2, 0.25) is 0 Å².